The van der Waals surface area contributed by atoms with Crippen molar-refractivity contribution in [3.63, 3.8) is 0 Å². The SMILES string of the molecule is CCCNC(c1ccn(C)n1)C1CSCCS1. The first-order valence-electron chi connectivity index (χ1n) is 6.23. The van der Waals surface area contributed by atoms with Crippen LogP contribution >= 0.6 is 23.5 Å². The van der Waals surface area contributed by atoms with Gasteiger partial charge in [0.2, 0.25) is 0 Å². The summed E-state index contributed by atoms with van der Waals surface area (Å²) in [5, 5.41) is 8.89. The first-order chi connectivity index (χ1) is 8.31. The van der Waals surface area contributed by atoms with Crippen LogP contribution in [0.5, 0.6) is 0 Å². The minimum absolute atomic E-state index is 0.411. The van der Waals surface area contributed by atoms with E-state index in [1.165, 1.54) is 29.4 Å². The van der Waals surface area contributed by atoms with E-state index in [0.717, 1.165) is 6.54 Å². The lowest BCUT2D eigenvalue weighted by Gasteiger charge is -2.29. The Morgan fingerprint density at radius 1 is 1.59 bits per heavy atom. The molecule has 3 nitrogen and oxygen atoms in total. The highest BCUT2D eigenvalue weighted by Gasteiger charge is 2.26. The fourth-order valence-corrected chi connectivity index (χ4v) is 4.88. The highest BCUT2D eigenvalue weighted by atomic mass is 32.2. The Hall–Kier alpha value is -0.130. The summed E-state index contributed by atoms with van der Waals surface area (Å²) >= 11 is 4.16. The van der Waals surface area contributed by atoms with Gasteiger partial charge in [0.05, 0.1) is 11.7 Å². The molecule has 0 aromatic carbocycles. The summed E-state index contributed by atoms with van der Waals surface area (Å²) in [4.78, 5) is 0. The number of rotatable bonds is 5. The van der Waals surface area contributed by atoms with E-state index in [2.05, 4.69) is 46.9 Å². The quantitative estimate of drug-likeness (QED) is 0.890. The third-order valence-corrected chi connectivity index (χ3v) is 5.74. The van der Waals surface area contributed by atoms with Crippen LogP contribution in [0.15, 0.2) is 12.3 Å². The zero-order chi connectivity index (χ0) is 12.1. The van der Waals surface area contributed by atoms with Gasteiger partial charge in [0, 0.05) is 35.8 Å². The minimum Gasteiger partial charge on any atom is -0.308 e. The Balaban J connectivity index is 2.06. The van der Waals surface area contributed by atoms with Gasteiger partial charge in [-0.15, -0.1) is 0 Å². The van der Waals surface area contributed by atoms with Crippen LogP contribution in [-0.4, -0.2) is 38.8 Å². The molecule has 5 heteroatoms. The molecule has 1 saturated heterocycles. The number of thioether (sulfide) groups is 2. The van der Waals surface area contributed by atoms with E-state index in [9.17, 15) is 0 Å². The summed E-state index contributed by atoms with van der Waals surface area (Å²) in [5.41, 5.74) is 1.20. The molecule has 1 aromatic rings. The van der Waals surface area contributed by atoms with E-state index in [0.29, 0.717) is 11.3 Å². The van der Waals surface area contributed by atoms with Crippen molar-refractivity contribution >= 4 is 23.5 Å². The van der Waals surface area contributed by atoms with Gasteiger partial charge in [-0.2, -0.15) is 28.6 Å². The molecule has 0 spiro atoms. The number of nitrogens with one attached hydrogen (secondary N) is 1. The smallest absolute Gasteiger partial charge is 0.0805 e. The molecular weight excluding hydrogens is 250 g/mol. The minimum atomic E-state index is 0.411. The van der Waals surface area contributed by atoms with Crippen LogP contribution in [0.4, 0.5) is 0 Å². The largest absolute Gasteiger partial charge is 0.308 e. The van der Waals surface area contributed by atoms with E-state index >= 15 is 0 Å². The van der Waals surface area contributed by atoms with Crippen LogP contribution < -0.4 is 5.32 Å². The summed E-state index contributed by atoms with van der Waals surface area (Å²) < 4.78 is 1.90. The highest BCUT2D eigenvalue weighted by Crippen LogP contribution is 2.32. The second kappa shape index (κ2) is 6.71. The van der Waals surface area contributed by atoms with E-state index in [-0.39, 0.29) is 0 Å². The molecular formula is C12H21N3S2. The number of nitrogens with zero attached hydrogens (tertiary/aromatic N) is 2. The second-order valence-electron chi connectivity index (χ2n) is 4.33. The molecule has 1 N–H and O–H groups in total. The lowest BCUT2D eigenvalue weighted by molar-refractivity contribution is 0.512. The van der Waals surface area contributed by atoms with E-state index in [4.69, 9.17) is 0 Å². The van der Waals surface area contributed by atoms with Crippen LogP contribution in [0.2, 0.25) is 0 Å². The number of hydrogen-bond donors (Lipinski definition) is 1. The first-order valence-corrected chi connectivity index (χ1v) is 8.44. The summed E-state index contributed by atoms with van der Waals surface area (Å²) in [5.74, 6) is 3.80. The summed E-state index contributed by atoms with van der Waals surface area (Å²) in [6.45, 7) is 3.29. The van der Waals surface area contributed by atoms with Crippen LogP contribution in [0.1, 0.15) is 25.1 Å². The van der Waals surface area contributed by atoms with Gasteiger partial charge in [-0.25, -0.2) is 0 Å². The molecule has 1 aliphatic rings. The van der Waals surface area contributed by atoms with Gasteiger partial charge in [-0.3, -0.25) is 4.68 Å². The molecule has 0 saturated carbocycles. The Kier molecular flexibility index (Phi) is 5.25. The van der Waals surface area contributed by atoms with Crippen molar-refractivity contribution in [2.45, 2.75) is 24.6 Å². The monoisotopic (exact) mass is 271 g/mol. The normalized spacial score (nSPS) is 22.6. The Morgan fingerprint density at radius 2 is 2.47 bits per heavy atom. The summed E-state index contributed by atoms with van der Waals surface area (Å²) in [6.07, 6.45) is 3.21. The zero-order valence-electron chi connectivity index (χ0n) is 10.6. The molecule has 1 aliphatic heterocycles. The van der Waals surface area contributed by atoms with Crippen molar-refractivity contribution in [1.29, 1.82) is 0 Å². The van der Waals surface area contributed by atoms with Crippen LogP contribution in [-0.2, 0) is 7.05 Å². The number of aromatic nitrogens is 2. The molecule has 0 aliphatic carbocycles. The Morgan fingerprint density at radius 3 is 3.06 bits per heavy atom. The molecule has 0 amide bonds. The zero-order valence-corrected chi connectivity index (χ0v) is 12.2. The molecule has 0 bridgehead atoms. The van der Waals surface area contributed by atoms with Gasteiger partial charge in [-0.1, -0.05) is 6.92 Å². The van der Waals surface area contributed by atoms with Crippen molar-refractivity contribution in [3.05, 3.63) is 18.0 Å². The standard InChI is InChI=1S/C12H21N3S2/c1-3-5-13-12(10-4-6-15(2)14-10)11-9-16-7-8-17-11/h4,6,11-13H,3,5,7-9H2,1-2H3. The maximum Gasteiger partial charge on any atom is 0.0805 e. The number of aryl methyl sites for hydroxylation is 1. The number of hydrogen-bond acceptors (Lipinski definition) is 4. The second-order valence-corrected chi connectivity index (χ2v) is 6.83. The van der Waals surface area contributed by atoms with Crippen molar-refractivity contribution < 1.29 is 0 Å². The van der Waals surface area contributed by atoms with E-state index in [1.807, 2.05) is 17.9 Å². The molecule has 2 rings (SSSR count). The van der Waals surface area contributed by atoms with E-state index < -0.39 is 0 Å². The molecule has 0 radical (unpaired) electrons. The lowest BCUT2D eigenvalue weighted by atomic mass is 10.1. The highest BCUT2D eigenvalue weighted by molar-refractivity contribution is 8.06. The molecule has 2 unspecified atom stereocenters. The molecule has 1 fully saturated rings. The third-order valence-electron chi connectivity index (χ3n) is 2.88. The van der Waals surface area contributed by atoms with Gasteiger partial charge in [0.25, 0.3) is 0 Å². The van der Waals surface area contributed by atoms with Crippen molar-refractivity contribution in [2.24, 2.45) is 7.05 Å². The third kappa shape index (κ3) is 3.66. The molecule has 2 atom stereocenters. The summed E-state index contributed by atoms with van der Waals surface area (Å²) in [7, 11) is 1.99. The average Bonchev–Trinajstić information content (AvgIpc) is 2.78. The van der Waals surface area contributed by atoms with Crippen LogP contribution in [0.3, 0.4) is 0 Å². The van der Waals surface area contributed by atoms with Crippen LogP contribution in [0.25, 0.3) is 0 Å². The summed E-state index contributed by atoms with van der Waals surface area (Å²) in [6, 6.07) is 2.56. The van der Waals surface area contributed by atoms with Crippen molar-refractivity contribution in [1.82, 2.24) is 15.1 Å². The van der Waals surface area contributed by atoms with Gasteiger partial charge in [-0.05, 0) is 19.0 Å². The van der Waals surface area contributed by atoms with Gasteiger partial charge in [0.1, 0.15) is 0 Å². The predicted molar refractivity (Wildman–Crippen MR) is 77.8 cm³/mol. The fourth-order valence-electron chi connectivity index (χ4n) is 2.02. The Bertz CT molecular complexity index is 334. The molecule has 2 heterocycles. The van der Waals surface area contributed by atoms with Gasteiger partial charge in [0.15, 0.2) is 0 Å². The van der Waals surface area contributed by atoms with Crippen molar-refractivity contribution in [3.8, 4) is 0 Å². The maximum absolute atomic E-state index is 4.57. The van der Waals surface area contributed by atoms with E-state index in [1.54, 1.807) is 0 Å². The average molecular weight is 271 g/mol. The fraction of sp³-hybridized carbons (Fsp3) is 0.750. The molecule has 17 heavy (non-hydrogen) atoms. The molecule has 1 aromatic heterocycles. The topological polar surface area (TPSA) is 29.9 Å². The maximum atomic E-state index is 4.57. The van der Waals surface area contributed by atoms with Gasteiger partial charge < -0.3 is 5.32 Å². The van der Waals surface area contributed by atoms with Gasteiger partial charge >= 0.3 is 0 Å². The van der Waals surface area contributed by atoms with Crippen molar-refractivity contribution in [2.75, 3.05) is 23.8 Å². The van der Waals surface area contributed by atoms with Crippen LogP contribution in [0, 0.1) is 0 Å². The first kappa shape index (κ1) is 13.3. The lowest BCUT2D eigenvalue weighted by Crippen LogP contribution is -2.34. The Labute approximate surface area is 112 Å². The molecule has 96 valence electrons. The predicted octanol–water partition coefficient (Wildman–Crippen LogP) is 2.31.